The molecule has 5 nitrogen and oxygen atoms in total. The van der Waals surface area contributed by atoms with Crippen molar-refractivity contribution in [2.45, 2.75) is 24.1 Å². The number of hydrogen-bond acceptors (Lipinski definition) is 4. The Morgan fingerprint density at radius 3 is 2.60 bits per heavy atom. The lowest BCUT2D eigenvalue weighted by atomic mass is 10.1. The van der Waals surface area contributed by atoms with Gasteiger partial charge in [-0.1, -0.05) is 30.0 Å². The molecule has 0 fully saturated rings. The minimum atomic E-state index is -1.68. The first-order valence-electron chi connectivity index (χ1n) is 9.00. The van der Waals surface area contributed by atoms with E-state index in [2.05, 4.69) is 15.6 Å². The minimum absolute atomic E-state index is 0.423. The van der Waals surface area contributed by atoms with E-state index in [1.54, 1.807) is 6.92 Å². The van der Waals surface area contributed by atoms with Crippen molar-refractivity contribution in [3.05, 3.63) is 65.5 Å². The number of carbonyl (C=O) groups excluding carboxylic acids is 2. The van der Waals surface area contributed by atoms with Crippen LogP contribution < -0.4 is 10.6 Å². The maximum Gasteiger partial charge on any atom is 0.243 e. The number of pyridine rings is 1. The van der Waals surface area contributed by atoms with Crippen LogP contribution in [-0.4, -0.2) is 28.6 Å². The summed E-state index contributed by atoms with van der Waals surface area (Å²) in [6.07, 6.45) is 0. The molecule has 0 aliphatic rings. The van der Waals surface area contributed by atoms with E-state index in [9.17, 15) is 22.8 Å². The van der Waals surface area contributed by atoms with Crippen molar-refractivity contribution in [3.8, 4) is 0 Å². The number of rotatable bonds is 6. The van der Waals surface area contributed by atoms with Crippen molar-refractivity contribution in [1.29, 1.82) is 0 Å². The molecule has 1 aromatic heterocycles. The molecule has 3 rings (SSSR count). The molecule has 0 aliphatic heterocycles. The van der Waals surface area contributed by atoms with Crippen LogP contribution in [0.3, 0.4) is 0 Å². The molecule has 2 N–H and O–H groups in total. The van der Waals surface area contributed by atoms with Gasteiger partial charge in [-0.05, 0) is 43.7 Å². The maximum absolute atomic E-state index is 13.6. The highest BCUT2D eigenvalue weighted by atomic mass is 32.2. The lowest BCUT2D eigenvalue weighted by molar-refractivity contribution is -0.123. The van der Waals surface area contributed by atoms with Crippen LogP contribution in [0.1, 0.15) is 12.5 Å². The van der Waals surface area contributed by atoms with E-state index >= 15 is 0 Å². The zero-order chi connectivity index (χ0) is 21.8. The summed E-state index contributed by atoms with van der Waals surface area (Å²) in [6, 6.07) is 11.2. The number of aryl methyl sites for hydroxylation is 1. The zero-order valence-electron chi connectivity index (χ0n) is 16.1. The van der Waals surface area contributed by atoms with Gasteiger partial charge in [0, 0.05) is 5.39 Å². The van der Waals surface area contributed by atoms with E-state index in [0.717, 1.165) is 22.5 Å². The highest BCUT2D eigenvalue weighted by Crippen LogP contribution is 2.26. The second kappa shape index (κ2) is 9.17. The van der Waals surface area contributed by atoms with Gasteiger partial charge in [0.25, 0.3) is 0 Å². The van der Waals surface area contributed by atoms with E-state index in [1.165, 1.54) is 11.8 Å². The third kappa shape index (κ3) is 4.91. The fraction of sp³-hybridized carbons (Fsp3) is 0.190. The number of carbonyl (C=O) groups is 2. The van der Waals surface area contributed by atoms with E-state index in [4.69, 9.17) is 0 Å². The average molecular weight is 433 g/mol. The first kappa shape index (κ1) is 21.6. The van der Waals surface area contributed by atoms with E-state index in [0.29, 0.717) is 11.1 Å². The molecule has 1 heterocycles. The van der Waals surface area contributed by atoms with Gasteiger partial charge in [0.15, 0.2) is 17.5 Å². The topological polar surface area (TPSA) is 71.1 Å². The summed E-state index contributed by atoms with van der Waals surface area (Å²) in [7, 11) is 0. The fourth-order valence-corrected chi connectivity index (χ4v) is 3.69. The maximum atomic E-state index is 13.6. The molecule has 9 heteroatoms. The van der Waals surface area contributed by atoms with Crippen LogP contribution in [0, 0.1) is 24.4 Å². The Hall–Kier alpha value is -3.07. The van der Waals surface area contributed by atoms with Crippen LogP contribution in [0.15, 0.2) is 47.5 Å². The summed E-state index contributed by atoms with van der Waals surface area (Å²) in [5, 5.41) is 5.67. The largest absolute Gasteiger partial charge is 0.346 e. The fourth-order valence-electron chi connectivity index (χ4n) is 2.74. The Morgan fingerprint density at radius 2 is 1.83 bits per heavy atom. The molecule has 0 bridgehead atoms. The predicted molar refractivity (Wildman–Crippen MR) is 110 cm³/mol. The normalized spacial score (nSPS) is 11.9. The second-order valence-electron chi connectivity index (χ2n) is 6.54. The van der Waals surface area contributed by atoms with Crippen molar-refractivity contribution in [2.24, 2.45) is 0 Å². The number of nitrogens with one attached hydrogen (secondary N) is 2. The van der Waals surface area contributed by atoms with Crippen LogP contribution in [0.5, 0.6) is 0 Å². The van der Waals surface area contributed by atoms with Gasteiger partial charge in [-0.15, -0.1) is 0 Å². The Bertz CT molecular complexity index is 1120. The lowest BCUT2D eigenvalue weighted by Gasteiger charge is -2.13. The van der Waals surface area contributed by atoms with E-state index in [-0.39, 0.29) is 0 Å². The number of nitrogens with zero attached hydrogens (tertiary/aromatic N) is 1. The number of para-hydroxylation sites is 1. The number of hydrogen-bond donors (Lipinski definition) is 2. The van der Waals surface area contributed by atoms with Crippen LogP contribution in [0.25, 0.3) is 10.9 Å². The zero-order valence-corrected chi connectivity index (χ0v) is 16.9. The first-order valence-corrected chi connectivity index (χ1v) is 9.88. The van der Waals surface area contributed by atoms with Crippen molar-refractivity contribution in [3.63, 3.8) is 0 Å². The monoisotopic (exact) mass is 433 g/mol. The number of benzene rings is 2. The van der Waals surface area contributed by atoms with Gasteiger partial charge in [-0.2, -0.15) is 0 Å². The van der Waals surface area contributed by atoms with Crippen LogP contribution >= 0.6 is 11.8 Å². The molecule has 0 aliphatic carbocycles. The molecule has 0 saturated heterocycles. The molecule has 0 spiro atoms. The standard InChI is InChI=1S/C21H18F3N3O2S/c1-11-9-18(27-15-6-4-3-5-13(11)15)30-12(2)21(29)25-10-17(28)26-16-8-7-14(22)19(23)20(16)24/h3-9,12H,10H2,1-2H3,(H,25,29)(H,26,28)/t12-/m1/s1. The smallest absolute Gasteiger partial charge is 0.243 e. The summed E-state index contributed by atoms with van der Waals surface area (Å²) in [6.45, 7) is 3.17. The third-order valence-corrected chi connectivity index (χ3v) is 5.32. The summed E-state index contributed by atoms with van der Waals surface area (Å²) in [4.78, 5) is 28.7. The number of thioether (sulfide) groups is 1. The molecule has 30 heavy (non-hydrogen) atoms. The number of anilines is 1. The molecular weight excluding hydrogens is 415 g/mol. The quantitative estimate of drug-likeness (QED) is 0.452. The number of halogens is 3. The van der Waals surface area contributed by atoms with Crippen molar-refractivity contribution in [2.75, 3.05) is 11.9 Å². The molecule has 0 saturated carbocycles. The highest BCUT2D eigenvalue weighted by molar-refractivity contribution is 8.00. The third-order valence-electron chi connectivity index (χ3n) is 4.30. The van der Waals surface area contributed by atoms with Gasteiger partial charge < -0.3 is 10.6 Å². The van der Waals surface area contributed by atoms with E-state index in [1.807, 2.05) is 37.3 Å². The van der Waals surface area contributed by atoms with Gasteiger partial charge in [-0.3, -0.25) is 9.59 Å². The Balaban J connectivity index is 1.57. The molecular formula is C21H18F3N3O2S. The minimum Gasteiger partial charge on any atom is -0.346 e. The van der Waals surface area contributed by atoms with E-state index < -0.39 is 46.7 Å². The molecule has 0 unspecified atom stereocenters. The SMILES string of the molecule is Cc1cc(S[C@H](C)C(=O)NCC(=O)Nc2ccc(F)c(F)c2F)nc2ccccc12. The number of aromatic nitrogens is 1. The van der Waals surface area contributed by atoms with Crippen LogP contribution in [0.4, 0.5) is 18.9 Å². The average Bonchev–Trinajstić information content (AvgIpc) is 2.72. The summed E-state index contributed by atoms with van der Waals surface area (Å²) in [5.74, 6) is -5.74. The van der Waals surface area contributed by atoms with Crippen molar-refractivity contribution < 1.29 is 22.8 Å². The summed E-state index contributed by atoms with van der Waals surface area (Å²) >= 11 is 1.24. The highest BCUT2D eigenvalue weighted by Gasteiger charge is 2.18. The Kier molecular flexibility index (Phi) is 6.61. The second-order valence-corrected chi connectivity index (χ2v) is 7.90. The number of fused-ring (bicyclic) bond motifs is 1. The molecule has 1 atom stereocenters. The van der Waals surface area contributed by atoms with Gasteiger partial charge in [0.05, 0.1) is 28.0 Å². The van der Waals surface area contributed by atoms with Crippen molar-refractivity contribution in [1.82, 2.24) is 10.3 Å². The molecule has 2 amide bonds. The van der Waals surface area contributed by atoms with Gasteiger partial charge in [0.2, 0.25) is 11.8 Å². The summed E-state index contributed by atoms with van der Waals surface area (Å²) < 4.78 is 39.8. The molecule has 156 valence electrons. The Morgan fingerprint density at radius 1 is 1.10 bits per heavy atom. The molecule has 2 aromatic carbocycles. The number of amides is 2. The summed E-state index contributed by atoms with van der Waals surface area (Å²) in [5.41, 5.74) is 1.34. The predicted octanol–water partition coefficient (Wildman–Crippen LogP) is 4.20. The first-order chi connectivity index (χ1) is 14.3. The van der Waals surface area contributed by atoms with Gasteiger partial charge in [-0.25, -0.2) is 18.2 Å². The molecule has 0 radical (unpaired) electrons. The Labute approximate surface area is 175 Å². The van der Waals surface area contributed by atoms with Crippen LogP contribution in [0.2, 0.25) is 0 Å². The van der Waals surface area contributed by atoms with Crippen LogP contribution in [-0.2, 0) is 9.59 Å². The molecule has 3 aromatic rings. The van der Waals surface area contributed by atoms with Crippen molar-refractivity contribution >= 4 is 40.2 Å². The lowest BCUT2D eigenvalue weighted by Crippen LogP contribution is -2.37. The van der Waals surface area contributed by atoms with Gasteiger partial charge in [0.1, 0.15) is 0 Å². The van der Waals surface area contributed by atoms with Gasteiger partial charge >= 0.3 is 0 Å².